The lowest BCUT2D eigenvalue weighted by Crippen LogP contribution is -2.36. The molecule has 7 heteroatoms. The zero-order valence-electron chi connectivity index (χ0n) is 14.8. The number of halogens is 1. The van der Waals surface area contributed by atoms with E-state index in [0.717, 1.165) is 22.6 Å². The summed E-state index contributed by atoms with van der Waals surface area (Å²) in [6.07, 6.45) is 0. The molecule has 0 aromatic heterocycles. The SMILES string of the molecule is CCOc1ccc(CNC(=NC)NCc2ccc3c(c2)OCO3)cc1F. The van der Waals surface area contributed by atoms with Gasteiger partial charge in [-0.3, -0.25) is 4.99 Å². The van der Waals surface area contributed by atoms with Gasteiger partial charge in [0.2, 0.25) is 6.79 Å². The fraction of sp³-hybridized carbons (Fsp3) is 0.316. The zero-order chi connectivity index (χ0) is 18.4. The number of benzene rings is 2. The number of guanidine groups is 1. The first-order valence-electron chi connectivity index (χ1n) is 8.44. The Labute approximate surface area is 152 Å². The molecule has 0 bridgehead atoms. The Morgan fingerprint density at radius 1 is 1.08 bits per heavy atom. The second-order valence-electron chi connectivity index (χ2n) is 5.66. The minimum Gasteiger partial charge on any atom is -0.491 e. The predicted molar refractivity (Wildman–Crippen MR) is 97.2 cm³/mol. The Bertz CT molecular complexity index is 796. The Hall–Kier alpha value is -2.96. The molecule has 0 fully saturated rings. The molecular formula is C19H22FN3O3. The lowest BCUT2D eigenvalue weighted by molar-refractivity contribution is 0.174. The van der Waals surface area contributed by atoms with E-state index >= 15 is 0 Å². The minimum atomic E-state index is -0.366. The summed E-state index contributed by atoms with van der Waals surface area (Å²) in [5.41, 5.74) is 1.85. The summed E-state index contributed by atoms with van der Waals surface area (Å²) in [7, 11) is 1.69. The van der Waals surface area contributed by atoms with Crippen LogP contribution in [0.15, 0.2) is 41.4 Å². The average molecular weight is 359 g/mol. The third-order valence-corrected chi connectivity index (χ3v) is 3.88. The van der Waals surface area contributed by atoms with Gasteiger partial charge in [-0.2, -0.15) is 0 Å². The molecule has 1 heterocycles. The van der Waals surface area contributed by atoms with Crippen molar-refractivity contribution in [3.8, 4) is 17.2 Å². The smallest absolute Gasteiger partial charge is 0.231 e. The number of hydrogen-bond donors (Lipinski definition) is 2. The third-order valence-electron chi connectivity index (χ3n) is 3.88. The molecule has 1 aliphatic rings. The van der Waals surface area contributed by atoms with Crippen molar-refractivity contribution in [1.29, 1.82) is 0 Å². The monoisotopic (exact) mass is 359 g/mol. The van der Waals surface area contributed by atoms with Gasteiger partial charge in [0, 0.05) is 20.1 Å². The van der Waals surface area contributed by atoms with Crippen molar-refractivity contribution in [1.82, 2.24) is 10.6 Å². The maximum Gasteiger partial charge on any atom is 0.231 e. The highest BCUT2D eigenvalue weighted by atomic mass is 19.1. The van der Waals surface area contributed by atoms with Crippen molar-refractivity contribution in [3.05, 3.63) is 53.3 Å². The molecule has 1 aliphatic heterocycles. The van der Waals surface area contributed by atoms with E-state index < -0.39 is 0 Å². The summed E-state index contributed by atoms with van der Waals surface area (Å²) in [5, 5.41) is 6.38. The molecule has 0 spiro atoms. The molecule has 0 radical (unpaired) electrons. The normalized spacial score (nSPS) is 12.8. The van der Waals surface area contributed by atoms with Gasteiger partial charge < -0.3 is 24.8 Å². The van der Waals surface area contributed by atoms with Crippen LogP contribution < -0.4 is 24.8 Å². The molecule has 0 aliphatic carbocycles. The Morgan fingerprint density at radius 2 is 1.77 bits per heavy atom. The van der Waals surface area contributed by atoms with Crippen molar-refractivity contribution in [2.75, 3.05) is 20.4 Å². The van der Waals surface area contributed by atoms with Crippen LogP contribution in [-0.4, -0.2) is 26.4 Å². The first-order valence-corrected chi connectivity index (χ1v) is 8.44. The first-order chi connectivity index (χ1) is 12.7. The maximum absolute atomic E-state index is 13.9. The Balaban J connectivity index is 1.53. The van der Waals surface area contributed by atoms with Crippen LogP contribution in [0.2, 0.25) is 0 Å². The van der Waals surface area contributed by atoms with Crippen molar-refractivity contribution < 1.29 is 18.6 Å². The van der Waals surface area contributed by atoms with Gasteiger partial charge in [0.1, 0.15) is 0 Å². The Morgan fingerprint density at radius 3 is 2.46 bits per heavy atom. The molecule has 0 saturated carbocycles. The van der Waals surface area contributed by atoms with Crippen molar-refractivity contribution >= 4 is 5.96 Å². The largest absolute Gasteiger partial charge is 0.491 e. The van der Waals surface area contributed by atoms with E-state index in [2.05, 4.69) is 15.6 Å². The molecule has 2 aromatic carbocycles. The van der Waals surface area contributed by atoms with Crippen molar-refractivity contribution in [2.45, 2.75) is 20.0 Å². The van der Waals surface area contributed by atoms with E-state index in [1.54, 1.807) is 13.1 Å². The molecule has 3 rings (SSSR count). The second kappa shape index (κ2) is 8.42. The van der Waals surface area contributed by atoms with Gasteiger partial charge in [-0.05, 0) is 42.3 Å². The molecule has 6 nitrogen and oxygen atoms in total. The van der Waals surface area contributed by atoms with E-state index in [1.165, 1.54) is 6.07 Å². The van der Waals surface area contributed by atoms with Gasteiger partial charge >= 0.3 is 0 Å². The van der Waals surface area contributed by atoms with Crippen LogP contribution in [0.4, 0.5) is 4.39 Å². The molecule has 2 N–H and O–H groups in total. The summed E-state index contributed by atoms with van der Waals surface area (Å²) in [6.45, 7) is 3.54. The lowest BCUT2D eigenvalue weighted by Gasteiger charge is -2.13. The summed E-state index contributed by atoms with van der Waals surface area (Å²) in [5.74, 6) is 2.03. The van der Waals surface area contributed by atoms with Gasteiger partial charge in [-0.1, -0.05) is 12.1 Å². The van der Waals surface area contributed by atoms with E-state index in [9.17, 15) is 4.39 Å². The van der Waals surface area contributed by atoms with Crippen molar-refractivity contribution in [2.24, 2.45) is 4.99 Å². The molecule has 2 aromatic rings. The highest BCUT2D eigenvalue weighted by molar-refractivity contribution is 5.79. The summed E-state index contributed by atoms with van der Waals surface area (Å²) < 4.78 is 29.8. The number of fused-ring (bicyclic) bond motifs is 1. The van der Waals surface area contributed by atoms with Crippen LogP contribution in [0.3, 0.4) is 0 Å². The second-order valence-corrected chi connectivity index (χ2v) is 5.66. The lowest BCUT2D eigenvalue weighted by atomic mass is 10.2. The van der Waals surface area contributed by atoms with E-state index in [4.69, 9.17) is 14.2 Å². The fourth-order valence-corrected chi connectivity index (χ4v) is 2.57. The molecule has 0 atom stereocenters. The predicted octanol–water partition coefficient (Wildman–Crippen LogP) is 2.82. The van der Waals surface area contributed by atoms with E-state index in [0.29, 0.717) is 25.7 Å². The van der Waals surface area contributed by atoms with Gasteiger partial charge in [0.25, 0.3) is 0 Å². The van der Waals surface area contributed by atoms with Crippen LogP contribution in [0.1, 0.15) is 18.1 Å². The highest BCUT2D eigenvalue weighted by Gasteiger charge is 2.13. The maximum atomic E-state index is 13.9. The van der Waals surface area contributed by atoms with Crippen LogP contribution in [0.25, 0.3) is 0 Å². The van der Waals surface area contributed by atoms with E-state index in [1.807, 2.05) is 31.2 Å². The molecular weight excluding hydrogens is 337 g/mol. The number of nitrogens with one attached hydrogen (secondary N) is 2. The standard InChI is InChI=1S/C19H22FN3O3/c1-3-24-16-6-4-13(8-15(16)20)10-22-19(21-2)23-11-14-5-7-17-18(9-14)26-12-25-17/h4-9H,3,10-12H2,1-2H3,(H2,21,22,23). The van der Waals surface area contributed by atoms with Crippen LogP contribution in [0.5, 0.6) is 17.2 Å². The summed E-state index contributed by atoms with van der Waals surface area (Å²) >= 11 is 0. The topological polar surface area (TPSA) is 64.1 Å². The summed E-state index contributed by atoms with van der Waals surface area (Å²) in [6, 6.07) is 10.7. The third kappa shape index (κ3) is 4.36. The molecule has 0 unspecified atom stereocenters. The Kier molecular flexibility index (Phi) is 5.78. The number of nitrogens with zero attached hydrogens (tertiary/aromatic N) is 1. The summed E-state index contributed by atoms with van der Waals surface area (Å²) in [4.78, 5) is 4.18. The van der Waals surface area contributed by atoms with Crippen LogP contribution in [-0.2, 0) is 13.1 Å². The zero-order valence-corrected chi connectivity index (χ0v) is 14.8. The number of rotatable bonds is 6. The van der Waals surface area contributed by atoms with E-state index in [-0.39, 0.29) is 18.4 Å². The van der Waals surface area contributed by atoms with Gasteiger partial charge in [-0.25, -0.2) is 4.39 Å². The highest BCUT2D eigenvalue weighted by Crippen LogP contribution is 2.32. The average Bonchev–Trinajstić information content (AvgIpc) is 3.12. The minimum absolute atomic E-state index is 0.258. The van der Waals surface area contributed by atoms with Gasteiger partial charge in [0.15, 0.2) is 29.0 Å². The first kappa shape index (κ1) is 17.8. The molecule has 26 heavy (non-hydrogen) atoms. The molecule has 0 saturated heterocycles. The molecule has 0 amide bonds. The quantitative estimate of drug-likeness (QED) is 0.613. The van der Waals surface area contributed by atoms with Crippen molar-refractivity contribution in [3.63, 3.8) is 0 Å². The number of ether oxygens (including phenoxy) is 3. The fourth-order valence-electron chi connectivity index (χ4n) is 2.57. The number of hydrogen-bond acceptors (Lipinski definition) is 4. The van der Waals surface area contributed by atoms with Crippen LogP contribution >= 0.6 is 0 Å². The van der Waals surface area contributed by atoms with Gasteiger partial charge in [0.05, 0.1) is 6.61 Å². The molecule has 138 valence electrons. The van der Waals surface area contributed by atoms with Gasteiger partial charge in [-0.15, -0.1) is 0 Å². The van der Waals surface area contributed by atoms with Crippen LogP contribution in [0, 0.1) is 5.82 Å². The number of aliphatic imine (C=N–C) groups is 1.